The number of aliphatic carboxylic acids is 1. The highest BCUT2D eigenvalue weighted by atomic mass is 32.2. The number of rotatable bonds is 4. The van der Waals surface area contributed by atoms with Gasteiger partial charge in [0, 0.05) is 12.1 Å². The number of sulfonamides is 1. The molecule has 6 nitrogen and oxygen atoms in total. The van der Waals surface area contributed by atoms with Crippen LogP contribution in [-0.4, -0.2) is 32.4 Å². The zero-order valence-corrected chi connectivity index (χ0v) is 11.2. The van der Waals surface area contributed by atoms with Crippen LogP contribution in [0.15, 0.2) is 18.2 Å². The maximum atomic E-state index is 11.2. The quantitative estimate of drug-likeness (QED) is 0.849. The standard InChI is InChI=1S/C12H15NO5S/c1-19(16,17)13-7-8-2-3-11-10(6-8)9(12(14)15)4-5-18-11/h2-3,6,9,13H,4-5,7H2,1H3,(H,14,15)/t9-/m0/s1. The highest BCUT2D eigenvalue weighted by Crippen LogP contribution is 2.34. The van der Waals surface area contributed by atoms with Gasteiger partial charge in [0.2, 0.25) is 10.0 Å². The normalized spacial score (nSPS) is 18.5. The minimum atomic E-state index is -3.27. The lowest BCUT2D eigenvalue weighted by molar-refractivity contribution is -0.139. The van der Waals surface area contributed by atoms with Crippen LogP contribution in [0, 0.1) is 0 Å². The maximum Gasteiger partial charge on any atom is 0.311 e. The number of carboxylic acids is 1. The molecule has 1 heterocycles. The Morgan fingerprint density at radius 1 is 1.53 bits per heavy atom. The van der Waals surface area contributed by atoms with Crippen molar-refractivity contribution in [3.8, 4) is 5.75 Å². The molecule has 0 amide bonds. The summed E-state index contributed by atoms with van der Waals surface area (Å²) in [5.74, 6) is -0.929. The predicted octanol–water partition coefficient (Wildman–Crippen LogP) is 0.686. The van der Waals surface area contributed by atoms with E-state index in [1.165, 1.54) is 0 Å². The highest BCUT2D eigenvalue weighted by Gasteiger charge is 2.27. The van der Waals surface area contributed by atoms with Crippen LogP contribution in [0.25, 0.3) is 0 Å². The summed E-state index contributed by atoms with van der Waals surface area (Å²) in [6.45, 7) is 0.517. The Labute approximate surface area is 111 Å². The molecule has 0 fully saturated rings. The molecule has 0 bridgehead atoms. The SMILES string of the molecule is CS(=O)(=O)NCc1ccc2c(c1)[C@@H](C(=O)O)CCO2. The molecule has 1 aromatic carbocycles. The molecule has 104 valence electrons. The number of fused-ring (bicyclic) bond motifs is 1. The molecule has 0 spiro atoms. The average Bonchev–Trinajstić information content (AvgIpc) is 2.34. The molecule has 2 rings (SSSR count). The highest BCUT2D eigenvalue weighted by molar-refractivity contribution is 7.88. The Balaban J connectivity index is 2.26. The van der Waals surface area contributed by atoms with E-state index in [2.05, 4.69) is 4.72 Å². The number of benzene rings is 1. The Bertz CT molecular complexity index is 596. The van der Waals surface area contributed by atoms with Crippen LogP contribution in [0.4, 0.5) is 0 Å². The summed E-state index contributed by atoms with van der Waals surface area (Å²) >= 11 is 0. The Kier molecular flexibility index (Phi) is 3.77. The molecular weight excluding hydrogens is 270 g/mol. The fourth-order valence-corrected chi connectivity index (χ4v) is 2.45. The molecule has 1 aromatic rings. The molecule has 0 saturated heterocycles. The fraction of sp³-hybridized carbons (Fsp3) is 0.417. The third-order valence-corrected chi connectivity index (χ3v) is 3.62. The van der Waals surface area contributed by atoms with Crippen molar-refractivity contribution in [3.05, 3.63) is 29.3 Å². The molecule has 1 atom stereocenters. The topological polar surface area (TPSA) is 92.7 Å². The molecule has 0 saturated carbocycles. The number of ether oxygens (including phenoxy) is 1. The third-order valence-electron chi connectivity index (χ3n) is 2.95. The summed E-state index contributed by atoms with van der Waals surface area (Å²) in [5, 5.41) is 9.17. The first kappa shape index (κ1) is 13.8. The second-order valence-electron chi connectivity index (χ2n) is 4.49. The number of carbonyl (C=O) groups is 1. The monoisotopic (exact) mass is 285 g/mol. The van der Waals surface area contributed by atoms with E-state index in [1.54, 1.807) is 18.2 Å². The first-order valence-electron chi connectivity index (χ1n) is 5.80. The largest absolute Gasteiger partial charge is 0.493 e. The number of hydrogen-bond acceptors (Lipinski definition) is 4. The molecule has 0 unspecified atom stereocenters. The van der Waals surface area contributed by atoms with Crippen molar-refractivity contribution in [1.82, 2.24) is 4.72 Å². The minimum Gasteiger partial charge on any atom is -0.493 e. The summed E-state index contributed by atoms with van der Waals surface area (Å²) in [6.07, 6.45) is 1.50. The van der Waals surface area contributed by atoms with E-state index < -0.39 is 21.9 Å². The van der Waals surface area contributed by atoms with Crippen LogP contribution in [0.5, 0.6) is 5.75 Å². The lowest BCUT2D eigenvalue weighted by atomic mass is 9.92. The predicted molar refractivity (Wildman–Crippen MR) is 68.6 cm³/mol. The van der Waals surface area contributed by atoms with Gasteiger partial charge in [-0.2, -0.15) is 0 Å². The van der Waals surface area contributed by atoms with Gasteiger partial charge in [-0.05, 0) is 24.1 Å². The second-order valence-corrected chi connectivity index (χ2v) is 6.33. The van der Waals surface area contributed by atoms with Crippen LogP contribution >= 0.6 is 0 Å². The number of nitrogens with one attached hydrogen (secondary N) is 1. The van der Waals surface area contributed by atoms with Gasteiger partial charge in [0.25, 0.3) is 0 Å². The molecule has 7 heteroatoms. The van der Waals surface area contributed by atoms with Gasteiger partial charge in [-0.1, -0.05) is 6.07 Å². The summed E-state index contributed by atoms with van der Waals surface area (Å²) in [4.78, 5) is 11.2. The molecule has 0 radical (unpaired) electrons. The van der Waals surface area contributed by atoms with Gasteiger partial charge in [0.1, 0.15) is 5.75 Å². The summed E-state index contributed by atoms with van der Waals surface area (Å²) in [6, 6.07) is 5.09. The van der Waals surface area contributed by atoms with Crippen LogP contribution in [0.2, 0.25) is 0 Å². The van der Waals surface area contributed by atoms with Crippen LogP contribution in [0.1, 0.15) is 23.5 Å². The lowest BCUT2D eigenvalue weighted by Crippen LogP contribution is -2.23. The van der Waals surface area contributed by atoms with E-state index in [-0.39, 0.29) is 6.54 Å². The van der Waals surface area contributed by atoms with E-state index in [4.69, 9.17) is 9.84 Å². The van der Waals surface area contributed by atoms with E-state index in [0.717, 1.165) is 6.26 Å². The zero-order chi connectivity index (χ0) is 14.0. The summed E-state index contributed by atoms with van der Waals surface area (Å²) < 4.78 is 29.8. The van der Waals surface area contributed by atoms with E-state index in [0.29, 0.717) is 29.9 Å². The molecule has 2 N–H and O–H groups in total. The van der Waals surface area contributed by atoms with Crippen molar-refractivity contribution in [1.29, 1.82) is 0 Å². The van der Waals surface area contributed by atoms with Crippen molar-refractivity contribution in [2.75, 3.05) is 12.9 Å². The summed E-state index contributed by atoms with van der Waals surface area (Å²) in [7, 11) is -3.27. The zero-order valence-electron chi connectivity index (χ0n) is 10.4. The van der Waals surface area contributed by atoms with Gasteiger partial charge in [-0.3, -0.25) is 4.79 Å². The van der Waals surface area contributed by atoms with Crippen molar-refractivity contribution in [2.24, 2.45) is 0 Å². The van der Waals surface area contributed by atoms with Crippen LogP contribution < -0.4 is 9.46 Å². The molecule has 1 aliphatic heterocycles. The van der Waals surface area contributed by atoms with Gasteiger partial charge in [-0.15, -0.1) is 0 Å². The molecule has 1 aliphatic rings. The van der Waals surface area contributed by atoms with Gasteiger partial charge in [0.15, 0.2) is 0 Å². The first-order chi connectivity index (χ1) is 8.87. The van der Waals surface area contributed by atoms with Crippen molar-refractivity contribution in [2.45, 2.75) is 18.9 Å². The van der Waals surface area contributed by atoms with E-state index in [1.807, 2.05) is 0 Å². The first-order valence-corrected chi connectivity index (χ1v) is 7.69. The van der Waals surface area contributed by atoms with Crippen molar-refractivity contribution >= 4 is 16.0 Å². The smallest absolute Gasteiger partial charge is 0.311 e. The van der Waals surface area contributed by atoms with E-state index >= 15 is 0 Å². The van der Waals surface area contributed by atoms with Gasteiger partial charge in [0.05, 0.1) is 18.8 Å². The van der Waals surface area contributed by atoms with Crippen molar-refractivity contribution in [3.63, 3.8) is 0 Å². The maximum absolute atomic E-state index is 11.2. The fourth-order valence-electron chi connectivity index (χ4n) is 2.02. The van der Waals surface area contributed by atoms with Crippen LogP contribution in [0.3, 0.4) is 0 Å². The summed E-state index contributed by atoms with van der Waals surface area (Å²) in [5.41, 5.74) is 1.31. The Morgan fingerprint density at radius 2 is 2.26 bits per heavy atom. The number of carboxylic acid groups (broad SMARTS) is 1. The third kappa shape index (κ3) is 3.45. The Morgan fingerprint density at radius 3 is 2.89 bits per heavy atom. The van der Waals surface area contributed by atoms with Gasteiger partial charge >= 0.3 is 5.97 Å². The van der Waals surface area contributed by atoms with Crippen molar-refractivity contribution < 1.29 is 23.1 Å². The van der Waals surface area contributed by atoms with Gasteiger partial charge < -0.3 is 9.84 Å². The second kappa shape index (κ2) is 5.18. The lowest BCUT2D eigenvalue weighted by Gasteiger charge is -2.23. The molecule has 0 aliphatic carbocycles. The van der Waals surface area contributed by atoms with Gasteiger partial charge in [-0.25, -0.2) is 13.1 Å². The molecule has 0 aromatic heterocycles. The molecular formula is C12H15NO5S. The van der Waals surface area contributed by atoms with E-state index in [9.17, 15) is 13.2 Å². The minimum absolute atomic E-state index is 0.137. The number of hydrogen-bond donors (Lipinski definition) is 2. The van der Waals surface area contributed by atoms with Crippen LogP contribution in [-0.2, 0) is 21.4 Å². The average molecular weight is 285 g/mol. The Hall–Kier alpha value is -1.60. The molecule has 19 heavy (non-hydrogen) atoms.